The van der Waals surface area contributed by atoms with Crippen molar-refractivity contribution in [1.29, 1.82) is 0 Å². The molecule has 0 bridgehead atoms. The van der Waals surface area contributed by atoms with Crippen LogP contribution in [0.4, 0.5) is 10.5 Å². The molecule has 0 aliphatic carbocycles. The average molecular weight is 380 g/mol. The molecule has 2 heterocycles. The second-order valence-electron chi connectivity index (χ2n) is 6.39. The number of benzene rings is 1. The number of urea groups is 1. The molecule has 1 aromatic carbocycles. The molecule has 0 aliphatic rings. The average Bonchev–Trinajstić information content (AvgIpc) is 3.12. The van der Waals surface area contributed by atoms with Gasteiger partial charge in [-0.25, -0.2) is 14.8 Å². The Morgan fingerprint density at radius 3 is 2.75 bits per heavy atom. The third-order valence-electron chi connectivity index (χ3n) is 4.49. The van der Waals surface area contributed by atoms with Crippen molar-refractivity contribution in [3.05, 3.63) is 59.7 Å². The first kappa shape index (κ1) is 19.3. The maximum absolute atomic E-state index is 12.6. The number of nitrogens with zero attached hydrogens (tertiary/aromatic N) is 3. The highest BCUT2D eigenvalue weighted by molar-refractivity contribution is 5.99. The van der Waals surface area contributed by atoms with E-state index in [9.17, 15) is 9.59 Å². The van der Waals surface area contributed by atoms with Gasteiger partial charge in [-0.3, -0.25) is 9.20 Å². The zero-order chi connectivity index (χ0) is 20.1. The van der Waals surface area contributed by atoms with Crippen LogP contribution in [0.2, 0.25) is 0 Å². The van der Waals surface area contributed by atoms with Gasteiger partial charge in [0.05, 0.1) is 11.7 Å². The van der Waals surface area contributed by atoms with E-state index >= 15 is 0 Å². The summed E-state index contributed by atoms with van der Waals surface area (Å²) in [5.41, 5.74) is 2.59. The molecular weight excluding hydrogens is 356 g/mol. The molecule has 0 spiro atoms. The van der Waals surface area contributed by atoms with Crippen LogP contribution in [0.15, 0.2) is 42.9 Å². The number of amides is 3. The Kier molecular flexibility index (Phi) is 5.88. The third kappa shape index (κ3) is 4.11. The van der Waals surface area contributed by atoms with Crippen LogP contribution in [0.1, 0.15) is 47.9 Å². The zero-order valence-electron chi connectivity index (χ0n) is 16.2. The van der Waals surface area contributed by atoms with Crippen molar-refractivity contribution < 1.29 is 9.59 Å². The summed E-state index contributed by atoms with van der Waals surface area (Å²) in [5.74, 6) is 0.427. The number of carbonyl (C=O) groups excluding carboxylic acids is 2. The smallest absolute Gasteiger partial charge is 0.319 e. The van der Waals surface area contributed by atoms with Crippen LogP contribution in [-0.4, -0.2) is 32.9 Å². The molecule has 3 N–H and O–H groups in total. The molecule has 146 valence electrons. The van der Waals surface area contributed by atoms with Gasteiger partial charge >= 0.3 is 6.03 Å². The summed E-state index contributed by atoms with van der Waals surface area (Å²) < 4.78 is 1.82. The molecule has 0 aliphatic heterocycles. The summed E-state index contributed by atoms with van der Waals surface area (Å²) in [6.07, 6.45) is 6.08. The predicted molar refractivity (Wildman–Crippen MR) is 107 cm³/mol. The SMILES string of the molecule is CCNC(=O)c1cccc(NC(=O)N[C@@H](CC)c2cn3cccnc3n2)c1C. The fourth-order valence-corrected chi connectivity index (χ4v) is 2.99. The van der Waals surface area contributed by atoms with Gasteiger partial charge in [0.15, 0.2) is 0 Å². The highest BCUT2D eigenvalue weighted by atomic mass is 16.2. The van der Waals surface area contributed by atoms with Crippen molar-refractivity contribution in [1.82, 2.24) is 25.0 Å². The lowest BCUT2D eigenvalue weighted by molar-refractivity contribution is 0.0955. The van der Waals surface area contributed by atoms with E-state index in [1.807, 2.05) is 43.6 Å². The number of fused-ring (bicyclic) bond motifs is 1. The van der Waals surface area contributed by atoms with Crippen molar-refractivity contribution in [2.75, 3.05) is 11.9 Å². The molecule has 28 heavy (non-hydrogen) atoms. The lowest BCUT2D eigenvalue weighted by Crippen LogP contribution is -2.33. The summed E-state index contributed by atoms with van der Waals surface area (Å²) >= 11 is 0. The Hall–Kier alpha value is -3.42. The summed E-state index contributed by atoms with van der Waals surface area (Å²) in [7, 11) is 0. The lowest BCUT2D eigenvalue weighted by atomic mass is 10.1. The summed E-state index contributed by atoms with van der Waals surface area (Å²) in [5, 5.41) is 8.55. The Labute approximate surface area is 163 Å². The second-order valence-corrected chi connectivity index (χ2v) is 6.39. The van der Waals surface area contributed by atoms with Crippen LogP contribution in [0.25, 0.3) is 5.78 Å². The number of hydrogen-bond donors (Lipinski definition) is 3. The Balaban J connectivity index is 1.74. The Bertz CT molecular complexity index is 964. The van der Waals surface area contributed by atoms with E-state index < -0.39 is 0 Å². The van der Waals surface area contributed by atoms with Gasteiger partial charge in [0.2, 0.25) is 5.78 Å². The fraction of sp³-hybridized carbons (Fsp3) is 0.300. The van der Waals surface area contributed by atoms with Crippen molar-refractivity contribution in [2.24, 2.45) is 0 Å². The maximum Gasteiger partial charge on any atom is 0.319 e. The first-order chi connectivity index (χ1) is 13.5. The van der Waals surface area contributed by atoms with Crippen molar-refractivity contribution in [3.63, 3.8) is 0 Å². The molecule has 0 radical (unpaired) electrons. The molecular formula is C20H24N6O2. The first-order valence-electron chi connectivity index (χ1n) is 9.28. The van der Waals surface area contributed by atoms with Gasteiger partial charge in [0.1, 0.15) is 0 Å². The number of rotatable bonds is 6. The van der Waals surface area contributed by atoms with Crippen LogP contribution in [0.3, 0.4) is 0 Å². The van der Waals surface area contributed by atoms with Gasteiger partial charge in [-0.15, -0.1) is 0 Å². The van der Waals surface area contributed by atoms with E-state index in [-0.39, 0.29) is 18.0 Å². The number of nitrogens with one attached hydrogen (secondary N) is 3. The third-order valence-corrected chi connectivity index (χ3v) is 4.49. The monoisotopic (exact) mass is 380 g/mol. The molecule has 0 unspecified atom stereocenters. The van der Waals surface area contributed by atoms with Gasteiger partial charge in [-0.1, -0.05) is 13.0 Å². The van der Waals surface area contributed by atoms with Gasteiger partial charge < -0.3 is 16.0 Å². The molecule has 2 aromatic heterocycles. The molecule has 0 fully saturated rings. The van der Waals surface area contributed by atoms with Crippen LogP contribution in [-0.2, 0) is 0 Å². The van der Waals surface area contributed by atoms with E-state index in [4.69, 9.17) is 0 Å². The molecule has 3 amide bonds. The fourth-order valence-electron chi connectivity index (χ4n) is 2.99. The highest BCUT2D eigenvalue weighted by Gasteiger charge is 2.18. The number of anilines is 1. The standard InChI is InChI=1S/C20H24N6O2/c1-4-15(17-12-26-11-7-10-22-19(26)23-17)24-20(28)25-16-9-6-8-14(13(16)3)18(27)21-5-2/h6-12,15H,4-5H2,1-3H3,(H,21,27)(H2,24,25,28)/t15-/m0/s1. The summed E-state index contributed by atoms with van der Waals surface area (Å²) in [6.45, 7) is 6.19. The van der Waals surface area contributed by atoms with Gasteiger partial charge in [0, 0.05) is 36.4 Å². The summed E-state index contributed by atoms with van der Waals surface area (Å²) in [4.78, 5) is 33.4. The minimum absolute atomic E-state index is 0.160. The quantitative estimate of drug-likeness (QED) is 0.612. The Morgan fingerprint density at radius 2 is 2.04 bits per heavy atom. The van der Waals surface area contributed by atoms with E-state index in [1.54, 1.807) is 24.4 Å². The van der Waals surface area contributed by atoms with Crippen molar-refractivity contribution in [3.8, 4) is 0 Å². The van der Waals surface area contributed by atoms with E-state index in [0.717, 1.165) is 5.69 Å². The van der Waals surface area contributed by atoms with Crippen molar-refractivity contribution >= 4 is 23.4 Å². The second kappa shape index (κ2) is 8.51. The topological polar surface area (TPSA) is 100 Å². The summed E-state index contributed by atoms with van der Waals surface area (Å²) in [6, 6.07) is 6.47. The lowest BCUT2D eigenvalue weighted by Gasteiger charge is -2.17. The highest BCUT2D eigenvalue weighted by Crippen LogP contribution is 2.20. The minimum atomic E-state index is -0.354. The zero-order valence-corrected chi connectivity index (χ0v) is 16.2. The number of imidazole rings is 1. The number of carbonyl (C=O) groups is 2. The number of hydrogen-bond acceptors (Lipinski definition) is 4. The predicted octanol–water partition coefficient (Wildman–Crippen LogP) is 3.06. The number of aromatic nitrogens is 3. The van der Waals surface area contributed by atoms with E-state index in [0.29, 0.717) is 35.6 Å². The minimum Gasteiger partial charge on any atom is -0.352 e. The molecule has 8 nitrogen and oxygen atoms in total. The van der Waals surface area contributed by atoms with E-state index in [2.05, 4.69) is 25.9 Å². The Morgan fingerprint density at radius 1 is 1.21 bits per heavy atom. The van der Waals surface area contributed by atoms with Crippen LogP contribution in [0, 0.1) is 6.92 Å². The molecule has 3 rings (SSSR count). The van der Waals surface area contributed by atoms with Crippen LogP contribution >= 0.6 is 0 Å². The van der Waals surface area contributed by atoms with Gasteiger partial charge in [-0.2, -0.15) is 0 Å². The van der Waals surface area contributed by atoms with Gasteiger partial charge in [-0.05, 0) is 44.0 Å². The van der Waals surface area contributed by atoms with Crippen molar-refractivity contribution in [2.45, 2.75) is 33.2 Å². The van der Waals surface area contributed by atoms with E-state index in [1.165, 1.54) is 0 Å². The molecule has 0 saturated carbocycles. The first-order valence-corrected chi connectivity index (χ1v) is 9.28. The molecule has 8 heteroatoms. The maximum atomic E-state index is 12.6. The van der Waals surface area contributed by atoms with Crippen LogP contribution < -0.4 is 16.0 Å². The van der Waals surface area contributed by atoms with Crippen LogP contribution in [0.5, 0.6) is 0 Å². The van der Waals surface area contributed by atoms with Gasteiger partial charge in [0.25, 0.3) is 5.91 Å². The molecule has 3 aromatic rings. The molecule has 0 saturated heterocycles. The normalized spacial score (nSPS) is 11.8. The largest absolute Gasteiger partial charge is 0.352 e. The molecule has 1 atom stereocenters.